The molecule has 1 aliphatic heterocycles. The molecular formula is C15H19NO4. The van der Waals surface area contributed by atoms with Crippen molar-refractivity contribution < 1.29 is 19.4 Å². The van der Waals surface area contributed by atoms with Crippen molar-refractivity contribution in [1.82, 2.24) is 0 Å². The fourth-order valence-electron chi connectivity index (χ4n) is 2.35. The van der Waals surface area contributed by atoms with Gasteiger partial charge in [0.2, 0.25) is 0 Å². The minimum Gasteiger partial charge on any atom is -0.508 e. The molecule has 1 aliphatic rings. The highest BCUT2D eigenvalue weighted by atomic mass is 16.5. The molecule has 20 heavy (non-hydrogen) atoms. The maximum atomic E-state index is 12.3. The molecule has 0 saturated carbocycles. The van der Waals surface area contributed by atoms with E-state index in [1.54, 1.807) is 24.3 Å². The van der Waals surface area contributed by atoms with Crippen molar-refractivity contribution in [3.63, 3.8) is 0 Å². The third-order valence-electron chi connectivity index (χ3n) is 3.52. The normalized spacial score (nSPS) is 20.9. The van der Waals surface area contributed by atoms with Gasteiger partial charge in [0, 0.05) is 0 Å². The Labute approximate surface area is 117 Å². The molecule has 1 saturated heterocycles. The predicted octanol–water partition coefficient (Wildman–Crippen LogP) is 1.17. The van der Waals surface area contributed by atoms with Crippen molar-refractivity contribution in [3.05, 3.63) is 29.8 Å². The number of cyclic esters (lactones) is 1. The zero-order valence-electron chi connectivity index (χ0n) is 11.2. The summed E-state index contributed by atoms with van der Waals surface area (Å²) in [7, 11) is 0. The summed E-state index contributed by atoms with van der Waals surface area (Å²) in [5.74, 6) is -1.27. The van der Waals surface area contributed by atoms with Gasteiger partial charge in [-0.15, -0.1) is 0 Å². The zero-order chi connectivity index (χ0) is 14.5. The summed E-state index contributed by atoms with van der Waals surface area (Å²) >= 11 is 0. The van der Waals surface area contributed by atoms with E-state index in [0.717, 1.165) is 18.4 Å². The third kappa shape index (κ3) is 3.57. The number of benzene rings is 1. The summed E-state index contributed by atoms with van der Waals surface area (Å²) in [5.41, 5.74) is 6.76. The summed E-state index contributed by atoms with van der Waals surface area (Å²) in [4.78, 5) is 24.0. The van der Waals surface area contributed by atoms with Gasteiger partial charge in [-0.1, -0.05) is 12.1 Å². The molecule has 1 aromatic carbocycles. The Morgan fingerprint density at radius 2 is 2.05 bits per heavy atom. The number of rotatable bonds is 4. The number of esters is 1. The van der Waals surface area contributed by atoms with Crippen molar-refractivity contribution in [3.8, 4) is 5.75 Å². The predicted molar refractivity (Wildman–Crippen MR) is 73.1 cm³/mol. The lowest BCUT2D eigenvalue weighted by molar-refractivity contribution is -0.151. The number of ketones is 1. The van der Waals surface area contributed by atoms with Gasteiger partial charge in [0.25, 0.3) is 0 Å². The van der Waals surface area contributed by atoms with Crippen molar-refractivity contribution in [2.24, 2.45) is 11.7 Å². The molecule has 5 heteroatoms. The number of phenols is 1. The molecule has 108 valence electrons. The minimum absolute atomic E-state index is 0.168. The van der Waals surface area contributed by atoms with Gasteiger partial charge in [-0.3, -0.25) is 9.59 Å². The van der Waals surface area contributed by atoms with Crippen LogP contribution in [0.15, 0.2) is 24.3 Å². The molecular weight excluding hydrogens is 258 g/mol. The van der Waals surface area contributed by atoms with E-state index in [1.807, 2.05) is 0 Å². The lowest BCUT2D eigenvalue weighted by atomic mass is 9.91. The highest BCUT2D eigenvalue weighted by molar-refractivity contribution is 6.01. The summed E-state index contributed by atoms with van der Waals surface area (Å²) < 4.78 is 5.00. The van der Waals surface area contributed by atoms with E-state index in [1.165, 1.54) is 0 Å². The number of ether oxygens (including phenoxy) is 1. The first kappa shape index (κ1) is 14.5. The lowest BCUT2D eigenvalue weighted by Crippen LogP contribution is -2.40. The van der Waals surface area contributed by atoms with E-state index in [4.69, 9.17) is 10.5 Å². The maximum Gasteiger partial charge on any atom is 0.316 e. The molecule has 0 aliphatic carbocycles. The number of aromatic hydroxyl groups is 1. The van der Waals surface area contributed by atoms with Crippen LogP contribution in [0.2, 0.25) is 0 Å². The van der Waals surface area contributed by atoms with Gasteiger partial charge in [-0.25, -0.2) is 0 Å². The van der Waals surface area contributed by atoms with Crippen LogP contribution in [0.25, 0.3) is 0 Å². The molecule has 0 spiro atoms. The number of carbonyl (C=O) groups is 2. The van der Waals surface area contributed by atoms with E-state index >= 15 is 0 Å². The summed E-state index contributed by atoms with van der Waals surface area (Å²) in [6.45, 7) is 0.385. The van der Waals surface area contributed by atoms with Crippen molar-refractivity contribution >= 4 is 11.8 Å². The Morgan fingerprint density at radius 3 is 2.75 bits per heavy atom. The van der Waals surface area contributed by atoms with Crippen LogP contribution in [0.5, 0.6) is 5.75 Å². The number of hydrogen-bond acceptors (Lipinski definition) is 5. The fraction of sp³-hybridized carbons (Fsp3) is 0.467. The molecule has 2 atom stereocenters. The minimum atomic E-state index is -0.732. The van der Waals surface area contributed by atoms with E-state index in [9.17, 15) is 14.7 Å². The van der Waals surface area contributed by atoms with Crippen LogP contribution in [0.4, 0.5) is 0 Å². The average Bonchev–Trinajstić information content (AvgIpc) is 2.65. The number of phenolic OH excluding ortho intramolecular Hbond substituents is 1. The van der Waals surface area contributed by atoms with Gasteiger partial charge in [-0.2, -0.15) is 0 Å². The van der Waals surface area contributed by atoms with Crippen LogP contribution in [0.1, 0.15) is 24.8 Å². The maximum absolute atomic E-state index is 12.3. The average molecular weight is 277 g/mol. The Kier molecular flexibility index (Phi) is 4.74. The molecule has 1 heterocycles. The number of hydrogen-bond donors (Lipinski definition) is 2. The fourth-order valence-corrected chi connectivity index (χ4v) is 2.35. The first-order valence-electron chi connectivity index (χ1n) is 6.82. The highest BCUT2D eigenvalue weighted by Gasteiger charge is 2.32. The molecule has 0 radical (unpaired) electrons. The highest BCUT2D eigenvalue weighted by Crippen LogP contribution is 2.19. The molecule has 2 rings (SSSR count). The number of Topliss-reactive ketones (excluding diaryl/α,β-unsaturated/α-hetero) is 1. The second kappa shape index (κ2) is 6.52. The summed E-state index contributed by atoms with van der Waals surface area (Å²) in [5, 5.41) is 9.21. The number of nitrogens with two attached hydrogens (primary N) is 1. The topological polar surface area (TPSA) is 89.6 Å². The van der Waals surface area contributed by atoms with Crippen molar-refractivity contribution in [1.29, 1.82) is 0 Å². The Balaban J connectivity index is 2.00. The summed E-state index contributed by atoms with van der Waals surface area (Å²) in [6.07, 6.45) is 2.46. The molecule has 1 aromatic rings. The van der Waals surface area contributed by atoms with Crippen LogP contribution in [0.3, 0.4) is 0 Å². The molecule has 1 unspecified atom stereocenters. The second-order valence-corrected chi connectivity index (χ2v) is 5.10. The monoisotopic (exact) mass is 277 g/mol. The van der Waals surface area contributed by atoms with Gasteiger partial charge in [0.15, 0.2) is 5.78 Å². The van der Waals surface area contributed by atoms with Crippen LogP contribution < -0.4 is 5.73 Å². The smallest absolute Gasteiger partial charge is 0.316 e. The number of carbonyl (C=O) groups excluding carboxylic acids is 2. The van der Waals surface area contributed by atoms with Gasteiger partial charge < -0.3 is 15.6 Å². The zero-order valence-corrected chi connectivity index (χ0v) is 11.2. The van der Waals surface area contributed by atoms with E-state index in [0.29, 0.717) is 19.4 Å². The van der Waals surface area contributed by atoms with Gasteiger partial charge in [-0.05, 0) is 43.4 Å². The Bertz CT molecular complexity index is 483. The molecule has 5 nitrogen and oxygen atoms in total. The first-order chi connectivity index (χ1) is 9.58. The summed E-state index contributed by atoms with van der Waals surface area (Å²) in [6, 6.07) is 5.80. The standard InChI is InChI=1S/C15H19NO4/c16-13(9-10-4-6-11(17)7-5-10)14(18)12-3-1-2-8-20-15(12)19/h4-7,12-13,17H,1-3,8-9,16H2/t12?,13-/m0/s1. The quantitative estimate of drug-likeness (QED) is 0.637. The van der Waals surface area contributed by atoms with E-state index < -0.39 is 17.9 Å². The molecule has 1 fully saturated rings. The molecule has 0 amide bonds. The molecule has 3 N–H and O–H groups in total. The van der Waals surface area contributed by atoms with Crippen LogP contribution >= 0.6 is 0 Å². The lowest BCUT2D eigenvalue weighted by Gasteiger charge is -2.16. The second-order valence-electron chi connectivity index (χ2n) is 5.10. The van der Waals surface area contributed by atoms with Crippen molar-refractivity contribution in [2.45, 2.75) is 31.7 Å². The Morgan fingerprint density at radius 1 is 1.35 bits per heavy atom. The van der Waals surface area contributed by atoms with Crippen LogP contribution in [-0.2, 0) is 20.7 Å². The van der Waals surface area contributed by atoms with Crippen molar-refractivity contribution in [2.75, 3.05) is 6.61 Å². The van der Waals surface area contributed by atoms with Gasteiger partial charge >= 0.3 is 5.97 Å². The van der Waals surface area contributed by atoms with Gasteiger partial charge in [0.05, 0.1) is 12.6 Å². The SMILES string of the molecule is N[C@@H](Cc1ccc(O)cc1)C(=O)C1CCCCOC1=O. The molecule has 0 bridgehead atoms. The Hall–Kier alpha value is -1.88. The largest absolute Gasteiger partial charge is 0.508 e. The molecule has 0 aromatic heterocycles. The van der Waals surface area contributed by atoms with Crippen LogP contribution in [0, 0.1) is 5.92 Å². The van der Waals surface area contributed by atoms with Crippen LogP contribution in [-0.4, -0.2) is 29.5 Å². The van der Waals surface area contributed by atoms with E-state index in [2.05, 4.69) is 0 Å². The van der Waals surface area contributed by atoms with Gasteiger partial charge in [0.1, 0.15) is 11.7 Å². The van der Waals surface area contributed by atoms with E-state index in [-0.39, 0.29) is 11.5 Å². The first-order valence-corrected chi connectivity index (χ1v) is 6.82. The third-order valence-corrected chi connectivity index (χ3v) is 3.52.